The van der Waals surface area contributed by atoms with Crippen LogP contribution in [0.3, 0.4) is 0 Å². The normalized spacial score (nSPS) is 14.7. The van der Waals surface area contributed by atoms with Crippen LogP contribution in [0.4, 0.5) is 5.69 Å². The van der Waals surface area contributed by atoms with Crippen molar-refractivity contribution in [1.82, 2.24) is 10.2 Å². The molecule has 0 aromatic heterocycles. The van der Waals surface area contributed by atoms with Gasteiger partial charge in [0, 0.05) is 18.7 Å². The monoisotopic (exact) mass is 561 g/mol. The van der Waals surface area contributed by atoms with Crippen LogP contribution in [0, 0.1) is 0 Å². The van der Waals surface area contributed by atoms with Gasteiger partial charge in [-0.2, -0.15) is 0 Å². The Labute approximate surface area is 231 Å². The summed E-state index contributed by atoms with van der Waals surface area (Å²) in [5, 5.41) is 3.09. The van der Waals surface area contributed by atoms with Crippen LogP contribution in [-0.4, -0.2) is 71.3 Å². The SMILES string of the molecule is COc1ccc(CN(C(=O)CN(c2ccc(OC)c(OC)c2)S(C)(=O)=O)C(C)C(=O)NC2CCCCC2)cc1. The number of carbonyl (C=O) groups excluding carboxylic acids is 2. The first-order chi connectivity index (χ1) is 18.6. The van der Waals surface area contributed by atoms with E-state index in [2.05, 4.69) is 5.32 Å². The lowest BCUT2D eigenvalue weighted by molar-refractivity contribution is -0.139. The number of carbonyl (C=O) groups is 2. The number of nitrogens with one attached hydrogen (secondary N) is 1. The van der Waals surface area contributed by atoms with Gasteiger partial charge < -0.3 is 24.4 Å². The summed E-state index contributed by atoms with van der Waals surface area (Å²) in [4.78, 5) is 28.5. The molecule has 2 amide bonds. The molecule has 1 aliphatic carbocycles. The van der Waals surface area contributed by atoms with Gasteiger partial charge in [-0.3, -0.25) is 13.9 Å². The third kappa shape index (κ3) is 8.01. The van der Waals surface area contributed by atoms with Gasteiger partial charge in [-0.25, -0.2) is 8.42 Å². The zero-order valence-electron chi connectivity index (χ0n) is 23.3. The van der Waals surface area contributed by atoms with Gasteiger partial charge >= 0.3 is 0 Å². The highest BCUT2D eigenvalue weighted by Crippen LogP contribution is 2.32. The number of sulfonamides is 1. The van der Waals surface area contributed by atoms with E-state index in [1.165, 1.54) is 25.2 Å². The van der Waals surface area contributed by atoms with Crippen LogP contribution in [0.15, 0.2) is 42.5 Å². The Morgan fingerprint density at radius 1 is 0.949 bits per heavy atom. The minimum absolute atomic E-state index is 0.0749. The number of nitrogens with zero attached hydrogens (tertiary/aromatic N) is 2. The van der Waals surface area contributed by atoms with E-state index < -0.39 is 28.5 Å². The highest BCUT2D eigenvalue weighted by molar-refractivity contribution is 7.92. The molecule has 214 valence electrons. The molecule has 0 spiro atoms. The number of hydrogen-bond acceptors (Lipinski definition) is 7. The van der Waals surface area contributed by atoms with Crippen molar-refractivity contribution >= 4 is 27.5 Å². The Morgan fingerprint density at radius 3 is 2.15 bits per heavy atom. The zero-order valence-corrected chi connectivity index (χ0v) is 24.1. The second-order valence-electron chi connectivity index (χ2n) is 9.70. The van der Waals surface area contributed by atoms with Crippen molar-refractivity contribution in [3.63, 3.8) is 0 Å². The lowest BCUT2D eigenvalue weighted by atomic mass is 9.95. The molecule has 3 rings (SSSR count). The number of methoxy groups -OCH3 is 3. The molecule has 11 heteroatoms. The van der Waals surface area contributed by atoms with Crippen LogP contribution < -0.4 is 23.8 Å². The molecule has 1 saturated carbocycles. The Kier molecular flexibility index (Phi) is 10.4. The molecular formula is C28H39N3O7S. The molecule has 0 bridgehead atoms. The molecule has 1 atom stereocenters. The van der Waals surface area contributed by atoms with Gasteiger partial charge in [0.15, 0.2) is 11.5 Å². The van der Waals surface area contributed by atoms with Gasteiger partial charge in [0.25, 0.3) is 0 Å². The highest BCUT2D eigenvalue weighted by Gasteiger charge is 2.31. The van der Waals surface area contributed by atoms with Gasteiger partial charge in [-0.1, -0.05) is 31.4 Å². The van der Waals surface area contributed by atoms with Crippen LogP contribution in [0.5, 0.6) is 17.2 Å². The maximum Gasteiger partial charge on any atom is 0.244 e. The zero-order chi connectivity index (χ0) is 28.6. The first-order valence-electron chi connectivity index (χ1n) is 13.0. The van der Waals surface area contributed by atoms with E-state index in [-0.39, 0.29) is 24.2 Å². The summed E-state index contributed by atoms with van der Waals surface area (Å²) < 4.78 is 42.5. The predicted octanol–water partition coefficient (Wildman–Crippen LogP) is 3.34. The molecule has 39 heavy (non-hydrogen) atoms. The number of benzene rings is 2. The third-order valence-corrected chi connectivity index (χ3v) is 8.11. The first-order valence-corrected chi connectivity index (χ1v) is 14.8. The lowest BCUT2D eigenvalue weighted by Gasteiger charge is -2.33. The van der Waals surface area contributed by atoms with Crippen LogP contribution in [-0.2, 0) is 26.2 Å². The molecule has 10 nitrogen and oxygen atoms in total. The highest BCUT2D eigenvalue weighted by atomic mass is 32.2. The number of ether oxygens (including phenoxy) is 3. The lowest BCUT2D eigenvalue weighted by Crippen LogP contribution is -2.52. The Morgan fingerprint density at radius 2 is 1.59 bits per heavy atom. The van der Waals surface area contributed by atoms with E-state index in [0.29, 0.717) is 17.2 Å². The number of rotatable bonds is 12. The van der Waals surface area contributed by atoms with Gasteiger partial charge in [-0.05, 0) is 49.6 Å². The van der Waals surface area contributed by atoms with E-state index in [9.17, 15) is 18.0 Å². The van der Waals surface area contributed by atoms with Crippen molar-refractivity contribution in [2.75, 3.05) is 38.4 Å². The average molecular weight is 562 g/mol. The fourth-order valence-electron chi connectivity index (χ4n) is 4.67. The largest absolute Gasteiger partial charge is 0.497 e. The van der Waals surface area contributed by atoms with Crippen molar-refractivity contribution in [1.29, 1.82) is 0 Å². The average Bonchev–Trinajstić information content (AvgIpc) is 2.94. The first kappa shape index (κ1) is 30.1. The van der Waals surface area contributed by atoms with Crippen LogP contribution in [0.25, 0.3) is 0 Å². The quantitative estimate of drug-likeness (QED) is 0.423. The van der Waals surface area contributed by atoms with Gasteiger partial charge in [0.1, 0.15) is 18.3 Å². The number of hydrogen-bond donors (Lipinski definition) is 1. The Balaban J connectivity index is 1.90. The summed E-state index contributed by atoms with van der Waals surface area (Å²) in [5.74, 6) is 0.635. The molecule has 1 N–H and O–H groups in total. The molecule has 0 heterocycles. The topological polar surface area (TPSA) is 114 Å². The molecule has 1 aliphatic rings. The maximum absolute atomic E-state index is 13.8. The van der Waals surface area contributed by atoms with Gasteiger partial charge in [0.2, 0.25) is 21.8 Å². The molecule has 1 unspecified atom stereocenters. The fraction of sp³-hybridized carbons (Fsp3) is 0.500. The number of amides is 2. The summed E-state index contributed by atoms with van der Waals surface area (Å²) in [6.07, 6.45) is 6.12. The summed E-state index contributed by atoms with van der Waals surface area (Å²) in [6.45, 7) is 1.29. The molecule has 1 fully saturated rings. The van der Waals surface area contributed by atoms with Gasteiger partial charge in [0.05, 0.1) is 33.3 Å². The molecule has 0 saturated heterocycles. The second kappa shape index (κ2) is 13.5. The van der Waals surface area contributed by atoms with Crippen molar-refractivity contribution in [2.45, 2.75) is 57.7 Å². The number of anilines is 1. The summed E-state index contributed by atoms with van der Waals surface area (Å²) in [6, 6.07) is 11.0. The fourth-order valence-corrected chi connectivity index (χ4v) is 5.51. The maximum atomic E-state index is 13.8. The van der Waals surface area contributed by atoms with E-state index in [0.717, 1.165) is 48.2 Å². The van der Waals surface area contributed by atoms with Crippen LogP contribution >= 0.6 is 0 Å². The van der Waals surface area contributed by atoms with Crippen LogP contribution in [0.1, 0.15) is 44.6 Å². The molecule has 0 radical (unpaired) electrons. The van der Waals surface area contributed by atoms with Crippen LogP contribution in [0.2, 0.25) is 0 Å². The molecule has 2 aromatic carbocycles. The van der Waals surface area contributed by atoms with Crippen molar-refractivity contribution in [3.8, 4) is 17.2 Å². The molecular weight excluding hydrogens is 522 g/mol. The Hall–Kier alpha value is -3.47. The van der Waals surface area contributed by atoms with E-state index in [4.69, 9.17) is 14.2 Å². The summed E-state index contributed by atoms with van der Waals surface area (Å²) >= 11 is 0. The van der Waals surface area contributed by atoms with Crippen molar-refractivity contribution in [2.24, 2.45) is 0 Å². The summed E-state index contributed by atoms with van der Waals surface area (Å²) in [7, 11) is 0.620. The standard InChI is InChI=1S/C28H39N3O7S/c1-20(28(33)29-22-9-7-6-8-10-22)30(18-21-11-14-24(36-2)15-12-21)27(32)19-31(39(5,34)35)23-13-16-25(37-3)26(17-23)38-4/h11-17,20,22H,6-10,18-19H2,1-5H3,(H,29,33). The molecule has 2 aromatic rings. The van der Waals surface area contributed by atoms with E-state index >= 15 is 0 Å². The predicted molar refractivity (Wildman–Crippen MR) is 150 cm³/mol. The van der Waals surface area contributed by atoms with Gasteiger partial charge in [-0.15, -0.1) is 0 Å². The summed E-state index contributed by atoms with van der Waals surface area (Å²) in [5.41, 5.74) is 1.02. The van der Waals surface area contributed by atoms with E-state index in [1.807, 2.05) is 12.1 Å². The third-order valence-electron chi connectivity index (χ3n) is 6.97. The van der Waals surface area contributed by atoms with Crippen molar-refractivity contribution < 1.29 is 32.2 Å². The smallest absolute Gasteiger partial charge is 0.244 e. The van der Waals surface area contributed by atoms with Crippen molar-refractivity contribution in [3.05, 3.63) is 48.0 Å². The Bertz CT molecular complexity index is 1230. The van der Waals surface area contributed by atoms with E-state index in [1.54, 1.807) is 38.3 Å². The molecule has 0 aliphatic heterocycles. The second-order valence-corrected chi connectivity index (χ2v) is 11.6. The minimum atomic E-state index is -3.87. The minimum Gasteiger partial charge on any atom is -0.497 e.